The van der Waals surface area contributed by atoms with Gasteiger partial charge in [-0.15, -0.1) is 0 Å². The van der Waals surface area contributed by atoms with Crippen LogP contribution in [0.5, 0.6) is 0 Å². The van der Waals surface area contributed by atoms with Crippen LogP contribution < -0.4 is 5.50 Å². The Labute approximate surface area is 35.4 Å². The van der Waals surface area contributed by atoms with Crippen molar-refractivity contribution in [3.8, 4) is 0 Å². The minimum absolute atomic E-state index is 1.07. The van der Waals surface area contributed by atoms with Crippen LogP contribution in [0.25, 0.3) is 0 Å². The molecule has 0 bridgehead atoms. The fourth-order valence-electron chi connectivity index (χ4n) is 0. The molecule has 6 heavy (non-hydrogen) atoms. The molecule has 0 aliphatic carbocycles. The van der Waals surface area contributed by atoms with Crippen molar-refractivity contribution in [1.82, 2.24) is 0 Å². The summed E-state index contributed by atoms with van der Waals surface area (Å²) in [6.45, 7) is 0. The van der Waals surface area contributed by atoms with Crippen molar-refractivity contribution in [2.24, 2.45) is 5.50 Å². The van der Waals surface area contributed by atoms with Gasteiger partial charge in [-0.1, -0.05) is 0 Å². The molecule has 0 aliphatic heterocycles. The summed E-state index contributed by atoms with van der Waals surface area (Å²) >= 11 is 0. The molecule has 0 amide bonds. The largest absolute Gasteiger partial charge is 0.321 e. The van der Waals surface area contributed by atoms with E-state index in [4.69, 9.17) is 5.16 Å². The number of nitrogens with two attached hydrogens (primary N) is 1. The zero-order chi connectivity index (χ0) is 5.21. The van der Waals surface area contributed by atoms with Crippen molar-refractivity contribution in [2.75, 3.05) is 7.11 Å². The van der Waals surface area contributed by atoms with E-state index in [0.717, 1.165) is 7.11 Å². The molecular weight excluding hydrogens is 106 g/mol. The third kappa shape index (κ3) is 4.08. The van der Waals surface area contributed by atoms with Crippen molar-refractivity contribution in [2.45, 2.75) is 0 Å². The summed E-state index contributed by atoms with van der Waals surface area (Å²) < 4.78 is 15.3. The van der Waals surface area contributed by atoms with Crippen molar-refractivity contribution in [3.05, 3.63) is 0 Å². The maximum absolute atomic E-state index is 11.5. The van der Waals surface area contributed by atoms with E-state index in [1.807, 2.05) is 0 Å². The lowest BCUT2D eigenvalue weighted by Gasteiger charge is -1.97. The molecule has 0 aliphatic rings. The van der Waals surface area contributed by atoms with Crippen LogP contribution in [0, 0.1) is 5.16 Å². The molecule has 0 fully saturated rings. The zero-order valence-electron chi connectivity index (χ0n) is 3.31. The molecule has 0 aromatic carbocycles. The smallest absolute Gasteiger partial charge is 0.313 e. The normalized spacial score (nSPS) is 19.8. The van der Waals surface area contributed by atoms with Gasteiger partial charge in [0.2, 0.25) is 0 Å². The molecule has 0 radical (unpaired) electrons. The average molecular weight is 112 g/mol. The van der Waals surface area contributed by atoms with Crippen molar-refractivity contribution >= 4 is 7.74 Å². The summed E-state index contributed by atoms with van der Waals surface area (Å²) in [5.41, 5.74) is 4.42. The Bertz CT molecular complexity index is 77.6. The summed E-state index contributed by atoms with van der Waals surface area (Å²) in [5.74, 6) is 0. The van der Waals surface area contributed by atoms with E-state index in [0.29, 0.717) is 0 Å². The van der Waals surface area contributed by atoms with Crippen LogP contribution in [0.3, 0.4) is 0 Å². The first-order chi connectivity index (χ1) is 2.56. The molecule has 0 rings (SSSR count). The second-order valence-corrected chi connectivity index (χ2v) is 2.28. The van der Waals surface area contributed by atoms with E-state index in [-0.39, 0.29) is 0 Å². The molecule has 1 unspecified atom stereocenters. The first kappa shape index (κ1) is 6.08. The standard InChI is InChI=1S/CH6FN2OP/c1-5-6(2,3)4/h1H3,(H3,3,4). The predicted molar refractivity (Wildman–Crippen MR) is 21.9 cm³/mol. The Hall–Kier alpha value is 0.0800. The lowest BCUT2D eigenvalue weighted by atomic mass is 11.8. The van der Waals surface area contributed by atoms with Crippen molar-refractivity contribution in [3.63, 3.8) is 0 Å². The highest BCUT2D eigenvalue weighted by Crippen LogP contribution is 2.37. The molecule has 3 N–H and O–H groups in total. The van der Waals surface area contributed by atoms with Crippen LogP contribution in [-0.2, 0) is 4.52 Å². The number of rotatable bonds is 1. The van der Waals surface area contributed by atoms with E-state index in [1.54, 1.807) is 0 Å². The van der Waals surface area contributed by atoms with Gasteiger partial charge < -0.3 is 4.52 Å². The van der Waals surface area contributed by atoms with Crippen LogP contribution in [0.2, 0.25) is 0 Å². The number of hydrogen-bond acceptors (Lipinski definition) is 2. The quantitative estimate of drug-likeness (QED) is 0.498. The second kappa shape index (κ2) is 1.69. The number of halogens is 1. The first-order valence-electron chi connectivity index (χ1n) is 1.24. The number of hydrogen-bond donors (Lipinski definition) is 2. The Morgan fingerprint density at radius 2 is 2.17 bits per heavy atom. The Morgan fingerprint density at radius 1 is 2.00 bits per heavy atom. The highest BCUT2D eigenvalue weighted by molar-refractivity contribution is 7.51. The topological polar surface area (TPSA) is 59.1 Å². The lowest BCUT2D eigenvalue weighted by molar-refractivity contribution is 0.417. The summed E-state index contributed by atoms with van der Waals surface area (Å²) in [7, 11) is -2.58. The summed E-state index contributed by atoms with van der Waals surface area (Å²) in [6, 6.07) is 0. The molecule has 0 aromatic rings. The monoisotopic (exact) mass is 112 g/mol. The van der Waals surface area contributed by atoms with Gasteiger partial charge in [-0.05, 0) is 0 Å². The molecule has 0 spiro atoms. The van der Waals surface area contributed by atoms with Crippen LogP contribution >= 0.6 is 7.74 Å². The summed E-state index contributed by atoms with van der Waals surface area (Å²) in [5, 5.41) is 6.18. The van der Waals surface area contributed by atoms with Crippen molar-refractivity contribution < 1.29 is 8.72 Å². The molecule has 5 heteroatoms. The maximum Gasteiger partial charge on any atom is 0.321 e. The molecule has 0 saturated carbocycles. The third-order valence-corrected chi connectivity index (χ3v) is 0.797. The molecule has 1 atom stereocenters. The van der Waals surface area contributed by atoms with E-state index in [1.165, 1.54) is 0 Å². The summed E-state index contributed by atoms with van der Waals surface area (Å²) in [6.07, 6.45) is 0. The van der Waals surface area contributed by atoms with Gasteiger partial charge in [-0.3, -0.25) is 5.16 Å². The highest BCUT2D eigenvalue weighted by Gasteiger charge is 2.00. The van der Waals surface area contributed by atoms with Gasteiger partial charge in [0.1, 0.15) is 0 Å². The van der Waals surface area contributed by atoms with Gasteiger partial charge >= 0.3 is 7.74 Å². The van der Waals surface area contributed by atoms with E-state index in [2.05, 4.69) is 10.0 Å². The van der Waals surface area contributed by atoms with E-state index >= 15 is 0 Å². The lowest BCUT2D eigenvalue weighted by Crippen LogP contribution is -1.86. The number of nitrogens with one attached hydrogen (secondary N) is 1. The van der Waals surface area contributed by atoms with Gasteiger partial charge in [0, 0.05) is 7.11 Å². The van der Waals surface area contributed by atoms with E-state index < -0.39 is 7.74 Å². The second-order valence-electron chi connectivity index (χ2n) is 0.759. The van der Waals surface area contributed by atoms with Crippen LogP contribution in [-0.4, -0.2) is 7.11 Å². The SMILES string of the molecule is COP(=N)(N)F. The van der Waals surface area contributed by atoms with E-state index in [9.17, 15) is 4.20 Å². The molecule has 0 heterocycles. The molecule has 3 nitrogen and oxygen atoms in total. The highest BCUT2D eigenvalue weighted by atomic mass is 31.2. The maximum atomic E-state index is 11.5. The first-order valence-corrected chi connectivity index (χ1v) is 2.91. The van der Waals surface area contributed by atoms with Gasteiger partial charge in [0.15, 0.2) is 0 Å². The van der Waals surface area contributed by atoms with Crippen LogP contribution in [0.1, 0.15) is 0 Å². The van der Waals surface area contributed by atoms with Gasteiger partial charge in [0.25, 0.3) is 0 Å². The third-order valence-electron chi connectivity index (χ3n) is 0.266. The molecule has 0 aromatic heterocycles. The molecule has 0 saturated heterocycles. The van der Waals surface area contributed by atoms with Crippen LogP contribution in [0.15, 0.2) is 0 Å². The minimum Gasteiger partial charge on any atom is -0.313 e. The molecular formula is CH6FN2OP. The Balaban J connectivity index is 3.48. The minimum atomic E-state index is -3.65. The Morgan fingerprint density at radius 3 is 2.17 bits per heavy atom. The fraction of sp³-hybridized carbons (Fsp3) is 1.00. The zero-order valence-corrected chi connectivity index (χ0v) is 4.21. The predicted octanol–water partition coefficient (Wildman–Crippen LogP) is 1.09. The van der Waals surface area contributed by atoms with Crippen LogP contribution in [0.4, 0.5) is 4.20 Å². The van der Waals surface area contributed by atoms with Gasteiger partial charge in [-0.25, -0.2) is 5.50 Å². The average Bonchev–Trinajstić information content (AvgIpc) is 1.35. The summed E-state index contributed by atoms with van der Waals surface area (Å²) in [4.78, 5) is 0. The fourth-order valence-corrected chi connectivity index (χ4v) is 0. The van der Waals surface area contributed by atoms with Gasteiger partial charge in [0.05, 0.1) is 0 Å². The Kier molecular flexibility index (Phi) is 1.71. The van der Waals surface area contributed by atoms with Crippen molar-refractivity contribution in [1.29, 1.82) is 5.16 Å². The molecule has 38 valence electrons. The van der Waals surface area contributed by atoms with Gasteiger partial charge in [-0.2, -0.15) is 4.20 Å².